The Morgan fingerprint density at radius 1 is 1.16 bits per heavy atom. The van der Waals surface area contributed by atoms with Crippen LogP contribution >= 0.6 is 0 Å². The second kappa shape index (κ2) is 7.96. The summed E-state index contributed by atoms with van der Waals surface area (Å²) in [6.07, 6.45) is 2.66. The van der Waals surface area contributed by atoms with Crippen LogP contribution in [-0.4, -0.2) is 27.6 Å². The molecule has 0 aliphatic rings. The zero-order valence-corrected chi connectivity index (χ0v) is 15.5. The highest BCUT2D eigenvalue weighted by Crippen LogP contribution is 2.18. The number of hydrogen-bond donors (Lipinski definition) is 2. The van der Waals surface area contributed by atoms with Crippen LogP contribution < -0.4 is 10.6 Å². The van der Waals surface area contributed by atoms with Crippen LogP contribution in [0.25, 0.3) is 0 Å². The molecule has 2 aromatic rings. The van der Waals surface area contributed by atoms with Gasteiger partial charge in [0.2, 0.25) is 0 Å². The third-order valence-corrected chi connectivity index (χ3v) is 4.10. The van der Waals surface area contributed by atoms with Crippen LogP contribution in [0.2, 0.25) is 0 Å². The predicted molar refractivity (Wildman–Crippen MR) is 99.0 cm³/mol. The Balaban J connectivity index is 2.09. The largest absolute Gasteiger partial charge is 0.350 e. The van der Waals surface area contributed by atoms with Crippen molar-refractivity contribution in [3.63, 3.8) is 0 Å². The van der Waals surface area contributed by atoms with Gasteiger partial charge in [-0.15, -0.1) is 0 Å². The van der Waals surface area contributed by atoms with Crippen LogP contribution in [0.3, 0.4) is 0 Å². The van der Waals surface area contributed by atoms with Crippen LogP contribution in [0.1, 0.15) is 66.6 Å². The van der Waals surface area contributed by atoms with Gasteiger partial charge >= 0.3 is 0 Å². The topological polar surface area (TPSA) is 76.0 Å². The minimum atomic E-state index is -0.265. The Hall–Kier alpha value is -2.63. The first-order valence-corrected chi connectivity index (χ1v) is 8.59. The normalized spacial score (nSPS) is 12.1. The van der Waals surface area contributed by atoms with Gasteiger partial charge in [0.1, 0.15) is 0 Å². The smallest absolute Gasteiger partial charge is 0.276 e. The Bertz CT molecular complexity index is 765. The maximum Gasteiger partial charge on any atom is 0.276 e. The number of amides is 2. The SMILES string of the molecule is CC[C@H](C)NC(=O)c1ccc(NC(=O)c2ccn(C(C)C)n2)c(C)c1. The third-order valence-electron chi connectivity index (χ3n) is 4.10. The molecule has 6 heteroatoms. The molecule has 0 saturated heterocycles. The highest BCUT2D eigenvalue weighted by atomic mass is 16.2. The lowest BCUT2D eigenvalue weighted by Crippen LogP contribution is -2.31. The van der Waals surface area contributed by atoms with E-state index in [0.29, 0.717) is 16.9 Å². The van der Waals surface area contributed by atoms with E-state index in [0.717, 1.165) is 12.0 Å². The van der Waals surface area contributed by atoms with Gasteiger partial charge in [-0.3, -0.25) is 14.3 Å². The first-order valence-electron chi connectivity index (χ1n) is 8.59. The van der Waals surface area contributed by atoms with E-state index < -0.39 is 0 Å². The van der Waals surface area contributed by atoms with Crippen LogP contribution in [0.4, 0.5) is 5.69 Å². The number of hydrogen-bond acceptors (Lipinski definition) is 3. The van der Waals surface area contributed by atoms with Gasteiger partial charge in [-0.25, -0.2) is 0 Å². The van der Waals surface area contributed by atoms with Crippen LogP contribution in [0, 0.1) is 6.92 Å². The average Bonchev–Trinajstić information content (AvgIpc) is 3.06. The standard InChI is InChI=1S/C19H26N4O2/c1-6-14(5)20-18(24)15-7-8-16(13(4)11-15)21-19(25)17-9-10-23(22-17)12(2)3/h7-12,14H,6H2,1-5H3,(H,20,24)(H,21,25)/t14-/m0/s1. The van der Waals surface area contributed by atoms with Gasteiger partial charge in [0.05, 0.1) is 0 Å². The van der Waals surface area contributed by atoms with Crippen LogP contribution in [-0.2, 0) is 0 Å². The van der Waals surface area contributed by atoms with E-state index in [1.165, 1.54) is 0 Å². The molecule has 0 unspecified atom stereocenters. The predicted octanol–water partition coefficient (Wildman–Crippen LogP) is 3.55. The van der Waals surface area contributed by atoms with Crippen molar-refractivity contribution < 1.29 is 9.59 Å². The fourth-order valence-corrected chi connectivity index (χ4v) is 2.29. The minimum Gasteiger partial charge on any atom is -0.350 e. The van der Waals surface area contributed by atoms with Gasteiger partial charge in [0.15, 0.2) is 5.69 Å². The summed E-state index contributed by atoms with van der Waals surface area (Å²) in [4.78, 5) is 24.5. The molecular weight excluding hydrogens is 316 g/mol. The number of anilines is 1. The van der Waals surface area contributed by atoms with E-state index in [4.69, 9.17) is 0 Å². The second-order valence-electron chi connectivity index (χ2n) is 6.54. The summed E-state index contributed by atoms with van der Waals surface area (Å²) >= 11 is 0. The number of benzene rings is 1. The third kappa shape index (κ3) is 4.68. The highest BCUT2D eigenvalue weighted by molar-refractivity contribution is 6.03. The molecule has 2 N–H and O–H groups in total. The van der Waals surface area contributed by atoms with E-state index >= 15 is 0 Å². The van der Waals surface area contributed by atoms with E-state index in [1.807, 2.05) is 34.6 Å². The van der Waals surface area contributed by atoms with Crippen molar-refractivity contribution in [1.82, 2.24) is 15.1 Å². The van der Waals surface area contributed by atoms with E-state index in [1.54, 1.807) is 35.1 Å². The first-order chi connectivity index (χ1) is 11.8. The minimum absolute atomic E-state index is 0.106. The van der Waals surface area contributed by atoms with Gasteiger partial charge < -0.3 is 10.6 Å². The molecule has 25 heavy (non-hydrogen) atoms. The Labute approximate surface area is 148 Å². The van der Waals surface area contributed by atoms with Crippen molar-refractivity contribution in [2.75, 3.05) is 5.32 Å². The molecule has 0 fully saturated rings. The molecule has 6 nitrogen and oxygen atoms in total. The molecule has 134 valence electrons. The first kappa shape index (κ1) is 18.7. The summed E-state index contributed by atoms with van der Waals surface area (Å²) in [6, 6.07) is 7.26. The van der Waals surface area contributed by atoms with Crippen LogP contribution in [0.5, 0.6) is 0 Å². The summed E-state index contributed by atoms with van der Waals surface area (Å²) in [5, 5.41) is 10.0. The Morgan fingerprint density at radius 3 is 2.44 bits per heavy atom. The lowest BCUT2D eigenvalue weighted by molar-refractivity contribution is 0.0938. The van der Waals surface area contributed by atoms with Crippen molar-refractivity contribution in [3.05, 3.63) is 47.3 Å². The summed E-state index contributed by atoms with van der Waals surface area (Å²) in [5.41, 5.74) is 2.45. The molecule has 0 spiro atoms. The lowest BCUT2D eigenvalue weighted by atomic mass is 10.1. The molecule has 2 rings (SSSR count). The number of carbonyl (C=O) groups is 2. The Kier molecular flexibility index (Phi) is 5.96. The zero-order valence-electron chi connectivity index (χ0n) is 15.5. The maximum atomic E-state index is 12.3. The molecule has 2 amide bonds. The monoisotopic (exact) mass is 342 g/mol. The number of rotatable bonds is 6. The number of carbonyl (C=O) groups excluding carboxylic acids is 2. The molecular formula is C19H26N4O2. The van der Waals surface area contributed by atoms with E-state index in [2.05, 4.69) is 15.7 Å². The molecule has 0 saturated carbocycles. The van der Waals surface area contributed by atoms with Crippen molar-refractivity contribution in [2.24, 2.45) is 0 Å². The molecule has 1 heterocycles. The van der Waals surface area contributed by atoms with E-state index in [-0.39, 0.29) is 23.9 Å². The van der Waals surface area contributed by atoms with Crippen molar-refractivity contribution >= 4 is 17.5 Å². The highest BCUT2D eigenvalue weighted by Gasteiger charge is 2.14. The lowest BCUT2D eigenvalue weighted by Gasteiger charge is -2.13. The molecule has 0 aliphatic carbocycles. The maximum absolute atomic E-state index is 12.3. The molecule has 0 aliphatic heterocycles. The summed E-state index contributed by atoms with van der Waals surface area (Å²) in [5.74, 6) is -0.370. The zero-order chi connectivity index (χ0) is 18.6. The van der Waals surface area contributed by atoms with Crippen molar-refractivity contribution in [3.8, 4) is 0 Å². The Morgan fingerprint density at radius 2 is 1.88 bits per heavy atom. The number of aromatic nitrogens is 2. The molecule has 0 radical (unpaired) electrons. The summed E-state index contributed by atoms with van der Waals surface area (Å²) < 4.78 is 1.74. The van der Waals surface area contributed by atoms with Crippen molar-refractivity contribution in [2.45, 2.75) is 53.1 Å². The quantitative estimate of drug-likeness (QED) is 0.843. The van der Waals surface area contributed by atoms with E-state index in [9.17, 15) is 9.59 Å². The number of aryl methyl sites for hydroxylation is 1. The average molecular weight is 342 g/mol. The van der Waals surface area contributed by atoms with Crippen molar-refractivity contribution in [1.29, 1.82) is 0 Å². The van der Waals surface area contributed by atoms with Gasteiger partial charge in [0, 0.05) is 29.5 Å². The fraction of sp³-hybridized carbons (Fsp3) is 0.421. The van der Waals surface area contributed by atoms with Gasteiger partial charge in [-0.05, 0) is 63.9 Å². The van der Waals surface area contributed by atoms with Gasteiger partial charge in [-0.2, -0.15) is 5.10 Å². The van der Waals surface area contributed by atoms with Crippen LogP contribution in [0.15, 0.2) is 30.5 Å². The molecule has 1 atom stereocenters. The number of nitrogens with one attached hydrogen (secondary N) is 2. The summed E-state index contributed by atoms with van der Waals surface area (Å²) in [6.45, 7) is 9.86. The molecule has 1 aromatic heterocycles. The molecule has 1 aromatic carbocycles. The second-order valence-corrected chi connectivity index (χ2v) is 6.54. The molecule has 0 bridgehead atoms. The summed E-state index contributed by atoms with van der Waals surface area (Å²) in [7, 11) is 0. The fourth-order valence-electron chi connectivity index (χ4n) is 2.29. The number of nitrogens with zero attached hydrogens (tertiary/aromatic N) is 2. The van der Waals surface area contributed by atoms with Gasteiger partial charge in [-0.1, -0.05) is 6.92 Å². The van der Waals surface area contributed by atoms with Gasteiger partial charge in [0.25, 0.3) is 11.8 Å².